The van der Waals surface area contributed by atoms with Crippen molar-refractivity contribution in [2.45, 2.75) is 30.9 Å². The van der Waals surface area contributed by atoms with Gasteiger partial charge in [0, 0.05) is 25.8 Å². The number of carbonyl (C=O) groups excluding carboxylic acids is 1. The Balaban J connectivity index is 2.23. The molecule has 1 aliphatic carbocycles. The number of sulfone groups is 1. The van der Waals surface area contributed by atoms with Crippen LogP contribution in [0.15, 0.2) is 22.7 Å². The highest BCUT2D eigenvalue weighted by molar-refractivity contribution is 14.1. The van der Waals surface area contributed by atoms with Crippen LogP contribution in [0.5, 0.6) is 0 Å². The predicted octanol–water partition coefficient (Wildman–Crippen LogP) is 3.84. The van der Waals surface area contributed by atoms with Crippen molar-refractivity contribution in [3.63, 3.8) is 0 Å². The average Bonchev–Trinajstić information content (AvgIpc) is 2.40. The van der Waals surface area contributed by atoms with Gasteiger partial charge in [0.05, 0.1) is 5.25 Å². The predicted molar refractivity (Wildman–Crippen MR) is 91.8 cm³/mol. The van der Waals surface area contributed by atoms with Crippen LogP contribution in [0, 0.1) is 9.49 Å². The molecule has 20 heavy (non-hydrogen) atoms. The summed E-state index contributed by atoms with van der Waals surface area (Å²) in [7, 11) is -3.06. The van der Waals surface area contributed by atoms with E-state index in [2.05, 4.69) is 38.5 Å². The Morgan fingerprint density at radius 3 is 2.70 bits per heavy atom. The second-order valence-corrected chi connectivity index (χ2v) is 9.73. The third kappa shape index (κ3) is 3.82. The number of benzene rings is 1. The molecule has 1 aromatic carbocycles. The fraction of sp³-hybridized carbons (Fsp3) is 0.500. The summed E-state index contributed by atoms with van der Waals surface area (Å²) < 4.78 is 25.2. The fourth-order valence-electron chi connectivity index (χ4n) is 2.68. The molecule has 2 atom stereocenters. The van der Waals surface area contributed by atoms with E-state index in [1.807, 2.05) is 18.2 Å². The molecule has 6 heteroatoms. The molecule has 0 bridgehead atoms. The Hall–Kier alpha value is 0.0500. The van der Waals surface area contributed by atoms with Gasteiger partial charge in [0.15, 0.2) is 5.78 Å². The topological polar surface area (TPSA) is 51.2 Å². The Morgan fingerprint density at radius 1 is 1.35 bits per heavy atom. The number of Topliss-reactive ketones (excluding diaryl/α,β-unsaturated/α-hetero) is 1. The summed E-state index contributed by atoms with van der Waals surface area (Å²) in [5.41, 5.74) is 0.663. The van der Waals surface area contributed by atoms with Crippen molar-refractivity contribution in [1.29, 1.82) is 0 Å². The smallest absolute Gasteiger partial charge is 0.167 e. The van der Waals surface area contributed by atoms with Crippen LogP contribution in [0.1, 0.15) is 36.0 Å². The van der Waals surface area contributed by atoms with E-state index in [0.717, 1.165) is 20.9 Å². The van der Waals surface area contributed by atoms with Crippen molar-refractivity contribution in [2.24, 2.45) is 5.92 Å². The Morgan fingerprint density at radius 2 is 2.05 bits per heavy atom. The van der Waals surface area contributed by atoms with Crippen molar-refractivity contribution in [3.8, 4) is 0 Å². The van der Waals surface area contributed by atoms with Gasteiger partial charge >= 0.3 is 0 Å². The van der Waals surface area contributed by atoms with E-state index in [-0.39, 0.29) is 17.0 Å². The van der Waals surface area contributed by atoms with Gasteiger partial charge < -0.3 is 0 Å². The van der Waals surface area contributed by atoms with E-state index in [1.54, 1.807) is 0 Å². The summed E-state index contributed by atoms with van der Waals surface area (Å²) in [6.45, 7) is 0. The lowest BCUT2D eigenvalue weighted by Crippen LogP contribution is -2.31. The van der Waals surface area contributed by atoms with Crippen LogP contribution in [0.2, 0.25) is 0 Å². The molecule has 1 fully saturated rings. The first-order valence-electron chi connectivity index (χ1n) is 6.47. The van der Waals surface area contributed by atoms with E-state index in [1.165, 1.54) is 6.26 Å². The molecule has 0 heterocycles. The summed E-state index contributed by atoms with van der Waals surface area (Å²) in [6, 6.07) is 5.66. The number of halogens is 2. The van der Waals surface area contributed by atoms with Crippen molar-refractivity contribution in [2.75, 3.05) is 6.26 Å². The molecule has 1 saturated carbocycles. The lowest BCUT2D eigenvalue weighted by Gasteiger charge is -2.27. The van der Waals surface area contributed by atoms with E-state index in [9.17, 15) is 13.2 Å². The zero-order valence-corrected chi connectivity index (χ0v) is 15.7. The quantitative estimate of drug-likeness (QED) is 0.498. The molecule has 1 aromatic rings. The first kappa shape index (κ1) is 16.4. The van der Waals surface area contributed by atoms with Gasteiger partial charge in [-0.2, -0.15) is 0 Å². The van der Waals surface area contributed by atoms with Crippen LogP contribution in [0.4, 0.5) is 0 Å². The van der Waals surface area contributed by atoms with Crippen molar-refractivity contribution in [1.82, 2.24) is 0 Å². The maximum Gasteiger partial charge on any atom is 0.167 e. The molecule has 0 saturated heterocycles. The maximum atomic E-state index is 12.6. The van der Waals surface area contributed by atoms with Crippen molar-refractivity contribution >= 4 is 54.1 Å². The van der Waals surface area contributed by atoms with E-state index in [0.29, 0.717) is 18.4 Å². The minimum absolute atomic E-state index is 0.0590. The highest BCUT2D eigenvalue weighted by atomic mass is 127. The number of hydrogen-bond donors (Lipinski definition) is 0. The second kappa shape index (κ2) is 6.44. The highest BCUT2D eigenvalue weighted by Crippen LogP contribution is 2.32. The zero-order valence-electron chi connectivity index (χ0n) is 11.1. The molecule has 2 rings (SSSR count). The highest BCUT2D eigenvalue weighted by Gasteiger charge is 2.33. The molecule has 0 aliphatic heterocycles. The van der Waals surface area contributed by atoms with Crippen LogP contribution in [-0.4, -0.2) is 25.7 Å². The minimum Gasteiger partial charge on any atom is -0.294 e. The van der Waals surface area contributed by atoms with Crippen LogP contribution in [0.3, 0.4) is 0 Å². The number of rotatable bonds is 3. The van der Waals surface area contributed by atoms with Gasteiger partial charge in [-0.15, -0.1) is 0 Å². The first-order chi connectivity index (χ1) is 9.29. The third-order valence-electron chi connectivity index (χ3n) is 3.80. The number of ketones is 1. The first-order valence-corrected chi connectivity index (χ1v) is 10.3. The Labute approximate surface area is 141 Å². The molecule has 1 aliphatic rings. The lowest BCUT2D eigenvalue weighted by molar-refractivity contribution is 0.0890. The van der Waals surface area contributed by atoms with Crippen LogP contribution in [-0.2, 0) is 9.84 Å². The van der Waals surface area contributed by atoms with Gasteiger partial charge in [-0.25, -0.2) is 8.42 Å². The lowest BCUT2D eigenvalue weighted by atomic mass is 9.83. The molecule has 2 unspecified atom stereocenters. The van der Waals surface area contributed by atoms with Gasteiger partial charge in [0.1, 0.15) is 9.84 Å². The summed E-state index contributed by atoms with van der Waals surface area (Å²) in [4.78, 5) is 12.6. The largest absolute Gasteiger partial charge is 0.294 e. The molecule has 0 radical (unpaired) electrons. The van der Waals surface area contributed by atoms with Crippen LogP contribution in [0.25, 0.3) is 0 Å². The van der Waals surface area contributed by atoms with Gasteiger partial charge in [0.2, 0.25) is 0 Å². The molecule has 0 amide bonds. The second-order valence-electron chi connectivity index (χ2n) is 5.30. The average molecular weight is 471 g/mol. The molecular weight excluding hydrogens is 455 g/mol. The van der Waals surface area contributed by atoms with Gasteiger partial charge in [-0.05, 0) is 60.1 Å². The maximum absolute atomic E-state index is 12.6. The van der Waals surface area contributed by atoms with Gasteiger partial charge in [0.25, 0.3) is 0 Å². The van der Waals surface area contributed by atoms with Crippen LogP contribution >= 0.6 is 38.5 Å². The fourth-order valence-corrected chi connectivity index (χ4v) is 4.79. The molecule has 0 N–H and O–H groups in total. The molecule has 3 nitrogen and oxygen atoms in total. The summed E-state index contributed by atoms with van der Waals surface area (Å²) in [5.74, 6) is -0.123. The van der Waals surface area contributed by atoms with E-state index >= 15 is 0 Å². The van der Waals surface area contributed by atoms with Crippen molar-refractivity contribution < 1.29 is 13.2 Å². The number of carbonyl (C=O) groups is 1. The van der Waals surface area contributed by atoms with Gasteiger partial charge in [-0.1, -0.05) is 22.4 Å². The summed E-state index contributed by atoms with van der Waals surface area (Å²) >= 11 is 5.58. The molecule has 0 spiro atoms. The third-order valence-corrected chi connectivity index (χ3v) is 6.80. The normalized spacial score (nSPS) is 23.6. The van der Waals surface area contributed by atoms with E-state index in [4.69, 9.17) is 0 Å². The Bertz CT molecular complexity index is 627. The van der Waals surface area contributed by atoms with Crippen LogP contribution < -0.4 is 0 Å². The molecular formula is C14H16BrIO3S. The SMILES string of the molecule is CS(=O)(=O)C1CCCC(C(=O)c2cc(I)ccc2Br)C1. The Kier molecular flexibility index (Phi) is 5.29. The van der Waals surface area contributed by atoms with Gasteiger partial charge in [-0.3, -0.25) is 4.79 Å². The molecule has 110 valence electrons. The van der Waals surface area contributed by atoms with Crippen molar-refractivity contribution in [3.05, 3.63) is 31.8 Å². The summed E-state index contributed by atoms with van der Waals surface area (Å²) in [5, 5.41) is -0.369. The number of hydrogen-bond acceptors (Lipinski definition) is 3. The molecule has 0 aromatic heterocycles. The summed E-state index contributed by atoms with van der Waals surface area (Å²) in [6.07, 6.45) is 3.98. The standard InChI is InChI=1S/C14H16BrIO3S/c1-20(18,19)11-4-2-3-9(7-11)14(17)12-8-10(16)5-6-13(12)15/h5-6,8-9,11H,2-4,7H2,1H3. The zero-order chi connectivity index (χ0) is 14.9. The van der Waals surface area contributed by atoms with E-state index < -0.39 is 9.84 Å². The monoisotopic (exact) mass is 470 g/mol. The minimum atomic E-state index is -3.06.